The van der Waals surface area contributed by atoms with Crippen LogP contribution in [0.4, 0.5) is 11.4 Å². The number of nitro groups is 1. The zero-order valence-corrected chi connectivity index (χ0v) is 23.8. The summed E-state index contributed by atoms with van der Waals surface area (Å²) in [5.41, 5.74) is 4.17. The van der Waals surface area contributed by atoms with Crippen LogP contribution in [0.25, 0.3) is 11.6 Å². The molecule has 0 radical (unpaired) electrons. The molecule has 44 heavy (non-hydrogen) atoms. The minimum absolute atomic E-state index is 0.0905. The second kappa shape index (κ2) is 12.2. The second-order valence-corrected chi connectivity index (χ2v) is 11.4. The van der Waals surface area contributed by atoms with Crippen LogP contribution in [0.15, 0.2) is 90.0 Å². The highest BCUT2D eigenvalue weighted by Crippen LogP contribution is 2.51. The Morgan fingerprint density at radius 2 is 1.77 bits per heavy atom. The third-order valence-electron chi connectivity index (χ3n) is 8.85. The highest BCUT2D eigenvalue weighted by molar-refractivity contribution is 6.43. The number of aliphatic hydroxyl groups excluding tert-OH is 1. The van der Waals surface area contributed by atoms with E-state index in [1.165, 1.54) is 24.3 Å². The lowest BCUT2D eigenvalue weighted by atomic mass is 9.58. The largest absolute Gasteiger partial charge is 0.508 e. The van der Waals surface area contributed by atoms with Crippen LogP contribution in [0.1, 0.15) is 30.4 Å². The number of benzene rings is 3. The van der Waals surface area contributed by atoms with Crippen molar-refractivity contribution in [1.82, 2.24) is 0 Å². The van der Waals surface area contributed by atoms with Crippen LogP contribution < -0.4 is 4.90 Å². The molecule has 11 heteroatoms. The van der Waals surface area contributed by atoms with E-state index in [2.05, 4.69) is 0 Å². The molecule has 0 unspecified atom stereocenters. The summed E-state index contributed by atoms with van der Waals surface area (Å²) in [6.07, 6.45) is 2.66. The number of phenols is 1. The monoisotopic (exact) mass is 594 g/mol. The van der Waals surface area contributed by atoms with Gasteiger partial charge < -0.3 is 19.9 Å². The molecule has 0 aromatic heterocycles. The van der Waals surface area contributed by atoms with Crippen LogP contribution in [-0.4, -0.2) is 51.8 Å². The fourth-order valence-corrected chi connectivity index (χ4v) is 6.92. The maximum Gasteiger partial charge on any atom is 0.455 e. The number of non-ortho nitro benzene ring substituents is 1. The molecule has 3 aliphatic rings. The van der Waals surface area contributed by atoms with Crippen molar-refractivity contribution in [2.75, 3.05) is 11.5 Å². The molecule has 2 saturated heterocycles. The van der Waals surface area contributed by atoms with E-state index in [4.69, 9.17) is 4.65 Å². The van der Waals surface area contributed by atoms with Gasteiger partial charge in [-0.2, -0.15) is 0 Å². The zero-order valence-electron chi connectivity index (χ0n) is 23.8. The first-order valence-corrected chi connectivity index (χ1v) is 14.6. The molecule has 6 rings (SSSR count). The molecule has 3 N–H and O–H groups in total. The van der Waals surface area contributed by atoms with Gasteiger partial charge in [0.25, 0.3) is 5.69 Å². The molecule has 10 nitrogen and oxygen atoms in total. The first-order chi connectivity index (χ1) is 21.2. The standard InChI is InChI=1S/C33H31BN2O8/c37-19-23-16-27-31(33(40)35(32(27)39)24-7-4-8-25(17-24)36(42)43)28-18-34(41)44-29(30(23)28)14-11-22(21-5-2-1-3-6-21)15-20-9-12-26(38)13-10-20/h1-10,12-13,15,17,27-29,31,37-38,41H,11,14,16,18-19H2/b22-15-/t27-,28+,29-,31-/m1/s1. The number of amides is 2. The number of phenolic OH excluding ortho intramolecular Hbond substituents is 1. The lowest BCUT2D eigenvalue weighted by Gasteiger charge is -2.43. The van der Waals surface area contributed by atoms with Crippen LogP contribution in [0.2, 0.25) is 6.32 Å². The van der Waals surface area contributed by atoms with E-state index in [9.17, 15) is 34.9 Å². The summed E-state index contributed by atoms with van der Waals surface area (Å²) in [6, 6.07) is 22.1. The summed E-state index contributed by atoms with van der Waals surface area (Å²) in [5.74, 6) is -2.84. The Hall–Kier alpha value is -4.58. The first kappa shape index (κ1) is 29.5. The summed E-state index contributed by atoms with van der Waals surface area (Å²) in [4.78, 5) is 39.3. The van der Waals surface area contributed by atoms with E-state index < -0.39 is 47.7 Å². The third kappa shape index (κ3) is 5.57. The molecule has 4 atom stereocenters. The van der Waals surface area contributed by atoms with Gasteiger partial charge in [-0.1, -0.05) is 54.6 Å². The smallest absolute Gasteiger partial charge is 0.455 e. The lowest BCUT2D eigenvalue weighted by Crippen LogP contribution is -2.46. The van der Waals surface area contributed by atoms with Crippen molar-refractivity contribution < 1.29 is 34.4 Å². The van der Waals surface area contributed by atoms with Gasteiger partial charge in [-0.25, -0.2) is 4.90 Å². The fourth-order valence-electron chi connectivity index (χ4n) is 6.92. The summed E-state index contributed by atoms with van der Waals surface area (Å²) in [5, 5.41) is 42.4. The fraction of sp³-hybridized carbons (Fsp3) is 0.273. The highest BCUT2D eigenvalue weighted by atomic mass is 16.6. The normalized spacial score (nSPS) is 23.5. The Morgan fingerprint density at radius 3 is 2.48 bits per heavy atom. The van der Waals surface area contributed by atoms with Gasteiger partial charge in [-0.15, -0.1) is 0 Å². The van der Waals surface area contributed by atoms with Gasteiger partial charge in [-0.05, 0) is 77.5 Å². The molecular weight excluding hydrogens is 563 g/mol. The predicted molar refractivity (Wildman–Crippen MR) is 164 cm³/mol. The van der Waals surface area contributed by atoms with Crippen molar-refractivity contribution in [1.29, 1.82) is 0 Å². The molecule has 2 aliphatic heterocycles. The Bertz CT molecular complexity index is 1660. The molecule has 2 fully saturated rings. The minimum atomic E-state index is -1.18. The van der Waals surface area contributed by atoms with E-state index in [1.807, 2.05) is 48.5 Å². The Balaban J connectivity index is 1.31. The number of fused-ring (bicyclic) bond motifs is 3. The maximum absolute atomic E-state index is 13.9. The van der Waals surface area contributed by atoms with Crippen molar-refractivity contribution in [3.05, 3.63) is 111 Å². The number of anilines is 1. The third-order valence-corrected chi connectivity index (χ3v) is 8.85. The summed E-state index contributed by atoms with van der Waals surface area (Å²) >= 11 is 0. The molecule has 2 amide bonds. The summed E-state index contributed by atoms with van der Waals surface area (Å²) in [7, 11) is -1.18. The van der Waals surface area contributed by atoms with Crippen molar-refractivity contribution in [2.24, 2.45) is 17.8 Å². The Labute approximate surface area is 254 Å². The number of carbonyl (C=O) groups excluding carboxylic acids is 2. The Kier molecular flexibility index (Phi) is 8.18. The van der Waals surface area contributed by atoms with Crippen molar-refractivity contribution in [2.45, 2.75) is 31.7 Å². The van der Waals surface area contributed by atoms with E-state index in [1.54, 1.807) is 12.1 Å². The molecular formula is C33H31BN2O8. The van der Waals surface area contributed by atoms with Crippen LogP contribution in [-0.2, 0) is 14.2 Å². The van der Waals surface area contributed by atoms with Gasteiger partial charge in [0, 0.05) is 12.1 Å². The predicted octanol–water partition coefficient (Wildman–Crippen LogP) is 4.62. The van der Waals surface area contributed by atoms with Crippen molar-refractivity contribution >= 4 is 42.0 Å². The zero-order chi connectivity index (χ0) is 31.0. The molecule has 3 aromatic carbocycles. The van der Waals surface area contributed by atoms with Crippen LogP contribution >= 0.6 is 0 Å². The number of aliphatic hydroxyl groups is 1. The van der Waals surface area contributed by atoms with Crippen molar-refractivity contribution in [3.63, 3.8) is 0 Å². The number of aromatic hydroxyl groups is 1. The first-order valence-electron chi connectivity index (χ1n) is 14.6. The van der Waals surface area contributed by atoms with Gasteiger partial charge in [0.1, 0.15) is 5.75 Å². The summed E-state index contributed by atoms with van der Waals surface area (Å²) < 4.78 is 6.05. The van der Waals surface area contributed by atoms with E-state index >= 15 is 0 Å². The molecule has 1 aliphatic carbocycles. The molecule has 0 bridgehead atoms. The number of carbonyl (C=O) groups is 2. The molecule has 2 heterocycles. The number of hydrogen-bond acceptors (Lipinski definition) is 8. The van der Waals surface area contributed by atoms with Gasteiger partial charge in [0.05, 0.1) is 35.2 Å². The molecule has 3 aromatic rings. The van der Waals surface area contributed by atoms with E-state index in [0.29, 0.717) is 18.4 Å². The number of imide groups is 1. The van der Waals surface area contributed by atoms with Gasteiger partial charge in [0.15, 0.2) is 0 Å². The summed E-state index contributed by atoms with van der Waals surface area (Å²) in [6.45, 7) is -0.321. The number of allylic oxidation sites excluding steroid dienone is 1. The van der Waals surface area contributed by atoms with Crippen molar-refractivity contribution in [3.8, 4) is 5.75 Å². The van der Waals surface area contributed by atoms with E-state index in [-0.39, 0.29) is 36.5 Å². The van der Waals surface area contributed by atoms with Crippen LogP contribution in [0.5, 0.6) is 5.75 Å². The number of hydrogen-bond donors (Lipinski definition) is 3. The van der Waals surface area contributed by atoms with Gasteiger partial charge in [-0.3, -0.25) is 19.7 Å². The average molecular weight is 594 g/mol. The number of rotatable bonds is 8. The Morgan fingerprint density at radius 1 is 1.02 bits per heavy atom. The quantitative estimate of drug-likeness (QED) is 0.0855. The topological polar surface area (TPSA) is 150 Å². The lowest BCUT2D eigenvalue weighted by molar-refractivity contribution is -0.384. The van der Waals surface area contributed by atoms with Gasteiger partial charge in [0.2, 0.25) is 11.8 Å². The SMILES string of the molecule is O=C1[C@@H]2[C@@H](CC(CO)=C3[C@@H](CC/C(=C/c4ccc(O)cc4)c4ccccc4)OB(O)C[C@@H]32)C(=O)N1c1cccc([N+](=O)[O-])c1. The number of nitrogens with zero attached hydrogens (tertiary/aromatic N) is 2. The number of nitro benzene ring substituents is 1. The minimum Gasteiger partial charge on any atom is -0.508 e. The maximum atomic E-state index is 13.9. The average Bonchev–Trinajstić information content (AvgIpc) is 3.28. The molecule has 0 saturated carbocycles. The molecule has 224 valence electrons. The van der Waals surface area contributed by atoms with Gasteiger partial charge >= 0.3 is 7.12 Å². The second-order valence-electron chi connectivity index (χ2n) is 11.4. The van der Waals surface area contributed by atoms with Crippen LogP contribution in [0, 0.1) is 27.9 Å². The molecule has 0 spiro atoms. The van der Waals surface area contributed by atoms with Crippen LogP contribution in [0.3, 0.4) is 0 Å². The highest BCUT2D eigenvalue weighted by Gasteiger charge is 2.57. The van der Waals surface area contributed by atoms with E-state index in [0.717, 1.165) is 27.2 Å².